The van der Waals surface area contributed by atoms with E-state index < -0.39 is 0 Å². The molecule has 0 aliphatic heterocycles. The minimum atomic E-state index is 0.466. The summed E-state index contributed by atoms with van der Waals surface area (Å²) in [6.45, 7) is 6.50. The summed E-state index contributed by atoms with van der Waals surface area (Å²) in [5.41, 5.74) is 0. The van der Waals surface area contributed by atoms with Crippen LogP contribution in [0.1, 0.15) is 52.3 Å². The Morgan fingerprint density at radius 1 is 1.29 bits per heavy atom. The number of halogens is 1. The van der Waals surface area contributed by atoms with Crippen LogP contribution >= 0.6 is 15.9 Å². The molecular weight excluding hydrogens is 278 g/mol. The van der Waals surface area contributed by atoms with Gasteiger partial charge in [-0.15, -0.1) is 0 Å². The van der Waals surface area contributed by atoms with E-state index in [-0.39, 0.29) is 0 Å². The molecule has 0 saturated heterocycles. The SMILES string of the molecule is CCCCCC(C)Nc1cc(Br)nc(CC)n1. The summed E-state index contributed by atoms with van der Waals surface area (Å²) in [7, 11) is 0. The summed E-state index contributed by atoms with van der Waals surface area (Å²) in [6, 6.07) is 2.41. The molecule has 1 N–H and O–H groups in total. The van der Waals surface area contributed by atoms with Crippen molar-refractivity contribution >= 4 is 21.7 Å². The molecule has 0 fully saturated rings. The Kier molecular flexibility index (Phi) is 6.48. The molecule has 1 rings (SSSR count). The van der Waals surface area contributed by atoms with Crippen LogP contribution < -0.4 is 5.32 Å². The van der Waals surface area contributed by atoms with Gasteiger partial charge in [0.15, 0.2) is 0 Å². The Morgan fingerprint density at radius 2 is 2.06 bits per heavy atom. The molecule has 4 heteroatoms. The lowest BCUT2D eigenvalue weighted by Gasteiger charge is -2.14. The summed E-state index contributed by atoms with van der Waals surface area (Å²) in [6.07, 6.45) is 5.90. The molecule has 96 valence electrons. The number of nitrogens with one attached hydrogen (secondary N) is 1. The Balaban J connectivity index is 2.52. The number of aromatic nitrogens is 2. The Labute approximate surface area is 113 Å². The maximum Gasteiger partial charge on any atom is 0.131 e. The van der Waals surface area contributed by atoms with Crippen molar-refractivity contribution in [1.82, 2.24) is 9.97 Å². The van der Waals surface area contributed by atoms with Crippen LogP contribution in [0.5, 0.6) is 0 Å². The van der Waals surface area contributed by atoms with Crippen LogP contribution in [0.25, 0.3) is 0 Å². The van der Waals surface area contributed by atoms with Gasteiger partial charge in [-0.25, -0.2) is 9.97 Å². The van der Waals surface area contributed by atoms with Crippen molar-refractivity contribution in [2.24, 2.45) is 0 Å². The third-order valence-corrected chi connectivity index (χ3v) is 3.10. The molecule has 0 saturated carbocycles. The summed E-state index contributed by atoms with van der Waals surface area (Å²) in [5.74, 6) is 1.80. The van der Waals surface area contributed by atoms with Gasteiger partial charge in [0.2, 0.25) is 0 Å². The number of nitrogens with zero attached hydrogens (tertiary/aromatic N) is 2. The molecule has 1 aromatic heterocycles. The molecular formula is C13H22BrN3. The average molecular weight is 300 g/mol. The van der Waals surface area contributed by atoms with Crippen molar-refractivity contribution in [2.75, 3.05) is 5.32 Å². The van der Waals surface area contributed by atoms with E-state index in [1.54, 1.807) is 0 Å². The fourth-order valence-corrected chi connectivity index (χ4v) is 2.14. The highest BCUT2D eigenvalue weighted by atomic mass is 79.9. The quantitative estimate of drug-likeness (QED) is 0.606. The van der Waals surface area contributed by atoms with Crippen LogP contribution in [0.2, 0.25) is 0 Å². The zero-order chi connectivity index (χ0) is 12.7. The number of unbranched alkanes of at least 4 members (excludes halogenated alkanes) is 2. The van der Waals surface area contributed by atoms with Gasteiger partial charge in [-0.3, -0.25) is 0 Å². The zero-order valence-corrected chi connectivity index (χ0v) is 12.5. The Morgan fingerprint density at radius 3 is 2.71 bits per heavy atom. The van der Waals surface area contributed by atoms with Crippen molar-refractivity contribution in [2.45, 2.75) is 58.9 Å². The van der Waals surface area contributed by atoms with Gasteiger partial charge in [0, 0.05) is 18.5 Å². The number of aryl methyl sites for hydroxylation is 1. The maximum atomic E-state index is 4.47. The predicted octanol–water partition coefficient (Wildman–Crippen LogP) is 4.18. The standard InChI is InChI=1S/C13H22BrN3/c1-4-6-7-8-10(3)15-13-9-11(14)16-12(5-2)17-13/h9-10H,4-8H2,1-3H3,(H,15,16,17). The van der Waals surface area contributed by atoms with E-state index >= 15 is 0 Å². The molecule has 0 spiro atoms. The van der Waals surface area contributed by atoms with Crippen LogP contribution in [0, 0.1) is 0 Å². The molecule has 0 radical (unpaired) electrons. The normalized spacial score (nSPS) is 12.5. The van der Waals surface area contributed by atoms with Gasteiger partial charge >= 0.3 is 0 Å². The topological polar surface area (TPSA) is 37.8 Å². The van der Waals surface area contributed by atoms with Crippen LogP contribution in [0.3, 0.4) is 0 Å². The maximum absolute atomic E-state index is 4.47. The third-order valence-electron chi connectivity index (χ3n) is 2.69. The Hall–Kier alpha value is -0.640. The molecule has 0 amide bonds. The van der Waals surface area contributed by atoms with Gasteiger partial charge < -0.3 is 5.32 Å². The van der Waals surface area contributed by atoms with E-state index in [4.69, 9.17) is 0 Å². The fourth-order valence-electron chi connectivity index (χ4n) is 1.72. The molecule has 0 aromatic carbocycles. The number of anilines is 1. The third kappa shape index (κ3) is 5.48. The van der Waals surface area contributed by atoms with Gasteiger partial charge in [-0.2, -0.15) is 0 Å². The van der Waals surface area contributed by atoms with Crippen molar-refractivity contribution in [3.8, 4) is 0 Å². The molecule has 0 aliphatic carbocycles. The predicted molar refractivity (Wildman–Crippen MR) is 76.3 cm³/mol. The minimum Gasteiger partial charge on any atom is -0.367 e. The molecule has 1 atom stereocenters. The second-order valence-electron chi connectivity index (χ2n) is 4.39. The van der Waals surface area contributed by atoms with Crippen LogP contribution in [-0.2, 0) is 6.42 Å². The van der Waals surface area contributed by atoms with Crippen molar-refractivity contribution in [1.29, 1.82) is 0 Å². The fraction of sp³-hybridized carbons (Fsp3) is 0.692. The van der Waals surface area contributed by atoms with Gasteiger partial charge in [0.1, 0.15) is 16.2 Å². The highest BCUT2D eigenvalue weighted by Gasteiger charge is 2.05. The number of rotatable bonds is 7. The molecule has 0 aliphatic rings. The van der Waals surface area contributed by atoms with E-state index in [9.17, 15) is 0 Å². The van der Waals surface area contributed by atoms with E-state index in [0.29, 0.717) is 6.04 Å². The largest absolute Gasteiger partial charge is 0.367 e. The second-order valence-corrected chi connectivity index (χ2v) is 5.20. The van der Waals surface area contributed by atoms with Crippen LogP contribution in [0.15, 0.2) is 10.7 Å². The first-order chi connectivity index (χ1) is 8.15. The zero-order valence-electron chi connectivity index (χ0n) is 11.0. The van der Waals surface area contributed by atoms with Gasteiger partial charge in [0.25, 0.3) is 0 Å². The summed E-state index contributed by atoms with van der Waals surface area (Å²) in [4.78, 5) is 8.77. The highest BCUT2D eigenvalue weighted by molar-refractivity contribution is 9.10. The lowest BCUT2D eigenvalue weighted by Crippen LogP contribution is -2.16. The first-order valence-electron chi connectivity index (χ1n) is 6.45. The summed E-state index contributed by atoms with van der Waals surface area (Å²) < 4.78 is 0.854. The molecule has 17 heavy (non-hydrogen) atoms. The lowest BCUT2D eigenvalue weighted by atomic mass is 10.1. The van der Waals surface area contributed by atoms with Crippen LogP contribution in [0.4, 0.5) is 5.82 Å². The molecule has 1 aromatic rings. The van der Waals surface area contributed by atoms with Gasteiger partial charge in [-0.05, 0) is 29.3 Å². The summed E-state index contributed by atoms with van der Waals surface area (Å²) in [5, 5.41) is 3.44. The smallest absolute Gasteiger partial charge is 0.131 e. The van der Waals surface area contributed by atoms with E-state index in [1.807, 2.05) is 6.07 Å². The number of hydrogen-bond acceptors (Lipinski definition) is 3. The van der Waals surface area contributed by atoms with Crippen LogP contribution in [-0.4, -0.2) is 16.0 Å². The van der Waals surface area contributed by atoms with Crippen molar-refractivity contribution in [3.63, 3.8) is 0 Å². The molecule has 3 nitrogen and oxygen atoms in total. The minimum absolute atomic E-state index is 0.466. The van der Waals surface area contributed by atoms with Gasteiger partial charge in [-0.1, -0.05) is 33.1 Å². The van der Waals surface area contributed by atoms with E-state index in [2.05, 4.69) is 52.0 Å². The molecule has 1 heterocycles. The molecule has 1 unspecified atom stereocenters. The first kappa shape index (κ1) is 14.4. The van der Waals surface area contributed by atoms with Crippen molar-refractivity contribution in [3.05, 3.63) is 16.5 Å². The summed E-state index contributed by atoms with van der Waals surface area (Å²) >= 11 is 3.42. The highest BCUT2D eigenvalue weighted by Crippen LogP contribution is 2.15. The first-order valence-corrected chi connectivity index (χ1v) is 7.25. The average Bonchev–Trinajstić information content (AvgIpc) is 2.28. The van der Waals surface area contributed by atoms with Crippen molar-refractivity contribution < 1.29 is 0 Å². The van der Waals surface area contributed by atoms with Gasteiger partial charge in [0.05, 0.1) is 0 Å². The number of hydrogen-bond donors (Lipinski definition) is 1. The Bertz CT molecular complexity index is 341. The molecule has 0 bridgehead atoms. The monoisotopic (exact) mass is 299 g/mol. The van der Waals surface area contributed by atoms with E-state index in [1.165, 1.54) is 25.7 Å². The van der Waals surface area contributed by atoms with E-state index in [0.717, 1.165) is 22.7 Å². The lowest BCUT2D eigenvalue weighted by molar-refractivity contribution is 0.613. The second kappa shape index (κ2) is 7.64.